The molecule has 1 aromatic heterocycles. The Balaban J connectivity index is 2.34. The van der Waals surface area contributed by atoms with E-state index in [4.69, 9.17) is 5.73 Å². The third-order valence-electron chi connectivity index (χ3n) is 2.39. The minimum atomic E-state index is -3.77. The van der Waals surface area contributed by atoms with Gasteiger partial charge in [0.05, 0.1) is 4.90 Å². The highest BCUT2D eigenvalue weighted by Gasteiger charge is 2.17. The number of aromatic nitrogens is 1. The molecule has 0 aliphatic rings. The fourth-order valence-electron chi connectivity index (χ4n) is 1.45. The fourth-order valence-corrected chi connectivity index (χ4v) is 3.41. The summed E-state index contributed by atoms with van der Waals surface area (Å²) in [5.74, 6) is -0.522. The topological polar surface area (TPSA) is 85.1 Å². The van der Waals surface area contributed by atoms with Crippen LogP contribution in [0.2, 0.25) is 0 Å². The van der Waals surface area contributed by atoms with Gasteiger partial charge in [0.1, 0.15) is 5.82 Å². The molecular weight excluding hydrogens is 289 g/mol. The molecule has 0 atom stereocenters. The molecule has 5 nitrogen and oxygen atoms in total. The van der Waals surface area contributed by atoms with Crippen molar-refractivity contribution in [1.82, 2.24) is 4.98 Å². The Morgan fingerprint density at radius 1 is 1.47 bits per heavy atom. The number of aryl methyl sites for hydroxylation is 1. The molecule has 0 saturated carbocycles. The Morgan fingerprint density at radius 2 is 2.21 bits per heavy atom. The van der Waals surface area contributed by atoms with Gasteiger partial charge in [-0.15, -0.1) is 11.3 Å². The number of hydrogen-bond donors (Lipinski definition) is 2. The zero-order valence-electron chi connectivity index (χ0n) is 10.1. The molecule has 2 aromatic rings. The number of nitrogens with one attached hydrogen (secondary N) is 1. The Morgan fingerprint density at radius 3 is 2.79 bits per heavy atom. The lowest BCUT2D eigenvalue weighted by Crippen LogP contribution is -2.14. The Bertz CT molecular complexity index is 698. The van der Waals surface area contributed by atoms with E-state index in [0.717, 1.165) is 10.9 Å². The molecular formula is C11H12FN3O2S2. The number of thiazole rings is 1. The number of nitrogens with zero attached hydrogens (tertiary/aromatic N) is 1. The van der Waals surface area contributed by atoms with Crippen molar-refractivity contribution >= 4 is 26.5 Å². The van der Waals surface area contributed by atoms with E-state index in [1.54, 1.807) is 6.20 Å². The molecule has 0 spiro atoms. The summed E-state index contributed by atoms with van der Waals surface area (Å²) >= 11 is 1.22. The summed E-state index contributed by atoms with van der Waals surface area (Å²) in [6.07, 6.45) is 1.57. The Kier molecular flexibility index (Phi) is 3.83. The molecule has 0 aliphatic heterocycles. The monoisotopic (exact) mass is 301 g/mol. The average Bonchev–Trinajstić information content (AvgIpc) is 2.74. The minimum absolute atomic E-state index is 0.0396. The Labute approximate surface area is 114 Å². The molecule has 0 aliphatic carbocycles. The number of nitrogens with two attached hydrogens (primary N) is 1. The van der Waals surface area contributed by atoms with Gasteiger partial charge in [-0.2, -0.15) is 0 Å². The van der Waals surface area contributed by atoms with Gasteiger partial charge in [-0.1, -0.05) is 0 Å². The van der Waals surface area contributed by atoms with Gasteiger partial charge in [-0.05, 0) is 25.1 Å². The number of halogens is 1. The van der Waals surface area contributed by atoms with E-state index in [9.17, 15) is 12.8 Å². The van der Waals surface area contributed by atoms with Crippen molar-refractivity contribution in [2.45, 2.75) is 18.4 Å². The fraction of sp³-hybridized carbons (Fsp3) is 0.182. The van der Waals surface area contributed by atoms with Crippen LogP contribution in [-0.4, -0.2) is 13.4 Å². The number of sulfonamides is 1. The first-order valence-electron chi connectivity index (χ1n) is 5.36. The molecule has 0 amide bonds. The van der Waals surface area contributed by atoms with E-state index in [2.05, 4.69) is 9.71 Å². The second kappa shape index (κ2) is 5.24. The van der Waals surface area contributed by atoms with Crippen LogP contribution >= 0.6 is 11.3 Å². The summed E-state index contributed by atoms with van der Waals surface area (Å²) in [7, 11) is -3.77. The van der Waals surface area contributed by atoms with Crippen LogP contribution in [0.15, 0.2) is 29.3 Å². The minimum Gasteiger partial charge on any atom is -0.326 e. The summed E-state index contributed by atoms with van der Waals surface area (Å²) < 4.78 is 39.8. The summed E-state index contributed by atoms with van der Waals surface area (Å²) in [6, 6.07) is 3.50. The molecule has 2 rings (SSSR count). The van der Waals surface area contributed by atoms with E-state index in [1.807, 2.05) is 6.92 Å². The highest BCUT2D eigenvalue weighted by atomic mass is 32.2. The molecule has 19 heavy (non-hydrogen) atoms. The maximum atomic E-state index is 13.3. The van der Waals surface area contributed by atoms with Crippen molar-refractivity contribution in [3.8, 4) is 0 Å². The lowest BCUT2D eigenvalue weighted by Gasteiger charge is -2.07. The predicted molar refractivity (Wildman–Crippen MR) is 72.0 cm³/mol. The molecule has 102 valence electrons. The first kappa shape index (κ1) is 13.9. The van der Waals surface area contributed by atoms with Crippen LogP contribution in [0.25, 0.3) is 0 Å². The van der Waals surface area contributed by atoms with E-state index in [0.29, 0.717) is 0 Å². The zero-order chi connectivity index (χ0) is 14.0. The second-order valence-corrected chi connectivity index (χ2v) is 6.76. The van der Waals surface area contributed by atoms with Crippen LogP contribution in [0.5, 0.6) is 0 Å². The lowest BCUT2D eigenvalue weighted by molar-refractivity contribution is 0.596. The van der Waals surface area contributed by atoms with E-state index in [-0.39, 0.29) is 22.1 Å². The van der Waals surface area contributed by atoms with Crippen LogP contribution in [0.4, 0.5) is 9.52 Å². The first-order chi connectivity index (χ1) is 8.92. The second-order valence-electron chi connectivity index (χ2n) is 3.84. The maximum absolute atomic E-state index is 13.3. The summed E-state index contributed by atoms with van der Waals surface area (Å²) in [4.78, 5) is 4.76. The van der Waals surface area contributed by atoms with Crippen molar-refractivity contribution in [3.05, 3.63) is 40.7 Å². The third kappa shape index (κ3) is 3.09. The average molecular weight is 301 g/mol. The van der Waals surface area contributed by atoms with Crippen molar-refractivity contribution in [1.29, 1.82) is 0 Å². The normalized spacial score (nSPS) is 11.5. The molecule has 0 unspecified atom stereocenters. The summed E-state index contributed by atoms with van der Waals surface area (Å²) in [6.45, 7) is 1.76. The maximum Gasteiger partial charge on any atom is 0.263 e. The first-order valence-corrected chi connectivity index (χ1v) is 7.66. The van der Waals surface area contributed by atoms with Crippen LogP contribution in [0.3, 0.4) is 0 Å². The van der Waals surface area contributed by atoms with Crippen molar-refractivity contribution in [2.75, 3.05) is 4.72 Å². The molecule has 0 radical (unpaired) electrons. The summed E-state index contributed by atoms with van der Waals surface area (Å²) in [5.41, 5.74) is 5.50. The van der Waals surface area contributed by atoms with Gasteiger partial charge in [0.15, 0.2) is 5.13 Å². The van der Waals surface area contributed by atoms with E-state index < -0.39 is 15.8 Å². The van der Waals surface area contributed by atoms with Gasteiger partial charge < -0.3 is 5.73 Å². The predicted octanol–water partition coefficient (Wildman–Crippen LogP) is 1.85. The number of rotatable bonds is 4. The molecule has 1 heterocycles. The van der Waals surface area contributed by atoms with E-state index in [1.165, 1.54) is 23.5 Å². The molecule has 0 saturated heterocycles. The van der Waals surface area contributed by atoms with Crippen LogP contribution in [0, 0.1) is 12.7 Å². The van der Waals surface area contributed by atoms with Gasteiger partial charge in [0.2, 0.25) is 0 Å². The van der Waals surface area contributed by atoms with Crippen molar-refractivity contribution in [3.63, 3.8) is 0 Å². The van der Waals surface area contributed by atoms with Crippen LogP contribution < -0.4 is 10.5 Å². The smallest absolute Gasteiger partial charge is 0.263 e. The quantitative estimate of drug-likeness (QED) is 0.902. The molecule has 3 N–H and O–H groups in total. The third-order valence-corrected chi connectivity index (χ3v) is 4.68. The molecule has 8 heteroatoms. The molecule has 0 bridgehead atoms. The van der Waals surface area contributed by atoms with Gasteiger partial charge in [-0.3, -0.25) is 4.72 Å². The Hall–Kier alpha value is -1.51. The van der Waals surface area contributed by atoms with Crippen molar-refractivity contribution < 1.29 is 12.8 Å². The highest BCUT2D eigenvalue weighted by Crippen LogP contribution is 2.22. The number of benzene rings is 1. The van der Waals surface area contributed by atoms with Gasteiger partial charge in [-0.25, -0.2) is 17.8 Å². The number of hydrogen-bond acceptors (Lipinski definition) is 5. The largest absolute Gasteiger partial charge is 0.326 e. The van der Waals surface area contributed by atoms with Gasteiger partial charge in [0, 0.05) is 23.2 Å². The van der Waals surface area contributed by atoms with Crippen LogP contribution in [0.1, 0.15) is 10.4 Å². The summed E-state index contributed by atoms with van der Waals surface area (Å²) in [5, 5.41) is 0.274. The molecule has 1 aromatic carbocycles. The van der Waals surface area contributed by atoms with Crippen molar-refractivity contribution in [2.24, 2.45) is 5.73 Å². The standard InChI is InChI=1S/C11H12FN3O2S2/c1-7-6-14-11(18-7)15-19(16,17)9-2-3-10(12)8(4-9)5-13/h2-4,6H,5,13H2,1H3,(H,14,15). The number of anilines is 1. The lowest BCUT2D eigenvalue weighted by atomic mass is 10.2. The zero-order valence-corrected chi connectivity index (χ0v) is 11.7. The van der Waals surface area contributed by atoms with Gasteiger partial charge in [0.25, 0.3) is 10.0 Å². The van der Waals surface area contributed by atoms with Crippen LogP contribution in [-0.2, 0) is 16.6 Å². The van der Waals surface area contributed by atoms with Gasteiger partial charge >= 0.3 is 0 Å². The SMILES string of the molecule is Cc1cnc(NS(=O)(=O)c2ccc(F)c(CN)c2)s1. The highest BCUT2D eigenvalue weighted by molar-refractivity contribution is 7.93. The van der Waals surface area contributed by atoms with E-state index >= 15 is 0 Å². The molecule has 0 fully saturated rings.